The van der Waals surface area contributed by atoms with Gasteiger partial charge in [-0.2, -0.15) is 0 Å². The minimum atomic E-state index is -0.346. The predicted octanol–water partition coefficient (Wildman–Crippen LogP) is 3.01. The lowest BCUT2D eigenvalue weighted by molar-refractivity contribution is -0.115. The smallest absolute Gasteiger partial charge is 0.338 e. The van der Waals surface area contributed by atoms with Crippen molar-refractivity contribution in [1.82, 2.24) is 0 Å². The Kier molecular flexibility index (Phi) is 5.85. The van der Waals surface area contributed by atoms with E-state index < -0.39 is 0 Å². The topological polar surface area (TPSA) is 43.4 Å². The maximum Gasteiger partial charge on any atom is 0.338 e. The van der Waals surface area contributed by atoms with Gasteiger partial charge in [-0.3, -0.25) is 4.79 Å². The summed E-state index contributed by atoms with van der Waals surface area (Å²) < 4.78 is 5.15. The molecule has 0 saturated heterocycles. The highest BCUT2D eigenvalue weighted by Crippen LogP contribution is 2.07. The van der Waals surface area contributed by atoms with E-state index in [-0.39, 0.29) is 24.3 Å². The predicted molar refractivity (Wildman–Crippen MR) is 70.3 cm³/mol. The van der Waals surface area contributed by atoms with Crippen LogP contribution in [-0.4, -0.2) is 18.4 Å². The Hall–Kier alpha value is -1.90. The Balaban J connectivity index is 2.37. The van der Waals surface area contributed by atoms with Gasteiger partial charge in [0, 0.05) is 6.42 Å². The van der Waals surface area contributed by atoms with Crippen molar-refractivity contribution >= 4 is 11.8 Å². The Morgan fingerprint density at radius 3 is 2.56 bits per heavy atom. The van der Waals surface area contributed by atoms with Crippen LogP contribution in [0.15, 0.2) is 42.5 Å². The van der Waals surface area contributed by atoms with E-state index in [0.717, 1.165) is 0 Å². The zero-order valence-corrected chi connectivity index (χ0v) is 10.8. The molecule has 0 aliphatic carbocycles. The van der Waals surface area contributed by atoms with Crippen LogP contribution >= 0.6 is 0 Å². The van der Waals surface area contributed by atoms with Gasteiger partial charge >= 0.3 is 5.97 Å². The number of benzene rings is 1. The molecule has 0 fully saturated rings. The monoisotopic (exact) mass is 246 g/mol. The molecule has 1 unspecified atom stereocenters. The number of carbonyl (C=O) groups excluding carboxylic acids is 2. The standard InChI is InChI=1S/C15H18O3/c1-3-7-14(16)10-12(2)11-18-15(17)13-8-5-4-6-9-13/h3-9,12H,10-11H2,1-2H3/b7-3+. The van der Waals surface area contributed by atoms with Crippen molar-refractivity contribution in [3.63, 3.8) is 0 Å². The van der Waals surface area contributed by atoms with Gasteiger partial charge < -0.3 is 4.74 Å². The first-order chi connectivity index (χ1) is 8.63. The van der Waals surface area contributed by atoms with E-state index in [1.165, 1.54) is 6.08 Å². The fourth-order valence-electron chi connectivity index (χ4n) is 1.53. The first-order valence-corrected chi connectivity index (χ1v) is 6.01. The normalized spacial score (nSPS) is 12.3. The second-order valence-electron chi connectivity index (χ2n) is 4.24. The molecular weight excluding hydrogens is 228 g/mol. The molecule has 0 N–H and O–H groups in total. The first-order valence-electron chi connectivity index (χ1n) is 6.01. The second kappa shape index (κ2) is 7.43. The first kappa shape index (κ1) is 14.2. The number of hydrogen-bond acceptors (Lipinski definition) is 3. The third-order valence-corrected chi connectivity index (χ3v) is 2.41. The SMILES string of the molecule is C/C=C/C(=O)CC(C)COC(=O)c1ccccc1. The van der Waals surface area contributed by atoms with Crippen molar-refractivity contribution in [2.24, 2.45) is 5.92 Å². The van der Waals surface area contributed by atoms with Crippen molar-refractivity contribution in [1.29, 1.82) is 0 Å². The molecule has 1 aromatic carbocycles. The van der Waals surface area contributed by atoms with Crippen LogP contribution in [-0.2, 0) is 9.53 Å². The molecule has 0 amide bonds. The highest BCUT2D eigenvalue weighted by molar-refractivity contribution is 5.90. The molecule has 0 saturated carbocycles. The third-order valence-electron chi connectivity index (χ3n) is 2.41. The quantitative estimate of drug-likeness (QED) is 0.572. The van der Waals surface area contributed by atoms with Gasteiger partial charge in [-0.25, -0.2) is 4.79 Å². The summed E-state index contributed by atoms with van der Waals surface area (Å²) in [5.74, 6) is -0.261. The van der Waals surface area contributed by atoms with Crippen LogP contribution in [0, 0.1) is 5.92 Å². The van der Waals surface area contributed by atoms with Crippen LogP contribution in [0.1, 0.15) is 30.6 Å². The molecule has 0 aliphatic rings. The van der Waals surface area contributed by atoms with Gasteiger partial charge in [0.25, 0.3) is 0 Å². The average molecular weight is 246 g/mol. The average Bonchev–Trinajstić information content (AvgIpc) is 2.37. The molecule has 0 spiro atoms. The van der Waals surface area contributed by atoms with Crippen LogP contribution in [0.5, 0.6) is 0 Å². The molecular formula is C15H18O3. The molecule has 1 aromatic rings. The lowest BCUT2D eigenvalue weighted by atomic mass is 10.1. The fourth-order valence-corrected chi connectivity index (χ4v) is 1.53. The van der Waals surface area contributed by atoms with Crippen LogP contribution in [0.2, 0.25) is 0 Å². The zero-order chi connectivity index (χ0) is 13.4. The van der Waals surface area contributed by atoms with Crippen LogP contribution < -0.4 is 0 Å². The highest BCUT2D eigenvalue weighted by atomic mass is 16.5. The van der Waals surface area contributed by atoms with Crippen LogP contribution in [0.25, 0.3) is 0 Å². The Bertz CT molecular complexity index is 421. The van der Waals surface area contributed by atoms with Crippen molar-refractivity contribution in [3.05, 3.63) is 48.0 Å². The number of allylic oxidation sites excluding steroid dienone is 2. The molecule has 1 rings (SSSR count). The molecule has 0 heterocycles. The van der Waals surface area contributed by atoms with E-state index in [2.05, 4.69) is 0 Å². The molecule has 1 atom stereocenters. The molecule has 0 radical (unpaired) electrons. The molecule has 0 aromatic heterocycles. The van der Waals surface area contributed by atoms with E-state index in [0.29, 0.717) is 12.0 Å². The summed E-state index contributed by atoms with van der Waals surface area (Å²) >= 11 is 0. The summed E-state index contributed by atoms with van der Waals surface area (Å²) in [7, 11) is 0. The number of carbonyl (C=O) groups is 2. The Morgan fingerprint density at radius 1 is 1.28 bits per heavy atom. The van der Waals surface area contributed by atoms with Crippen LogP contribution in [0.4, 0.5) is 0 Å². The highest BCUT2D eigenvalue weighted by Gasteiger charge is 2.11. The minimum absolute atomic E-state index is 0.0290. The fraction of sp³-hybridized carbons (Fsp3) is 0.333. The van der Waals surface area contributed by atoms with E-state index >= 15 is 0 Å². The van der Waals surface area contributed by atoms with Gasteiger partial charge in [-0.1, -0.05) is 31.2 Å². The number of hydrogen-bond donors (Lipinski definition) is 0. The van der Waals surface area contributed by atoms with E-state index in [1.807, 2.05) is 13.0 Å². The molecule has 3 heteroatoms. The van der Waals surface area contributed by atoms with Crippen LogP contribution in [0.3, 0.4) is 0 Å². The Labute approximate surface area is 107 Å². The molecule has 0 aliphatic heterocycles. The third kappa shape index (κ3) is 4.95. The lowest BCUT2D eigenvalue weighted by Crippen LogP contribution is -2.14. The molecule has 3 nitrogen and oxygen atoms in total. The second-order valence-corrected chi connectivity index (χ2v) is 4.24. The van der Waals surface area contributed by atoms with E-state index in [1.54, 1.807) is 37.3 Å². The number of ether oxygens (including phenoxy) is 1. The van der Waals surface area contributed by atoms with E-state index in [9.17, 15) is 9.59 Å². The summed E-state index contributed by atoms with van der Waals surface area (Å²) in [6, 6.07) is 8.83. The molecule has 18 heavy (non-hydrogen) atoms. The number of ketones is 1. The zero-order valence-electron chi connectivity index (χ0n) is 10.8. The van der Waals surface area contributed by atoms with Gasteiger partial charge in [0.05, 0.1) is 12.2 Å². The summed E-state index contributed by atoms with van der Waals surface area (Å²) in [4.78, 5) is 23.0. The van der Waals surface area contributed by atoms with Gasteiger partial charge in [0.2, 0.25) is 0 Å². The summed E-state index contributed by atoms with van der Waals surface area (Å²) in [5.41, 5.74) is 0.532. The summed E-state index contributed by atoms with van der Waals surface area (Å²) in [5, 5.41) is 0. The van der Waals surface area contributed by atoms with Gasteiger partial charge in [-0.05, 0) is 31.1 Å². The molecule has 96 valence electrons. The molecule has 0 bridgehead atoms. The Morgan fingerprint density at radius 2 is 1.94 bits per heavy atom. The maximum atomic E-state index is 11.6. The van der Waals surface area contributed by atoms with Crippen molar-refractivity contribution < 1.29 is 14.3 Å². The number of esters is 1. The lowest BCUT2D eigenvalue weighted by Gasteiger charge is -2.10. The summed E-state index contributed by atoms with van der Waals surface area (Å²) in [6.45, 7) is 3.95. The van der Waals surface area contributed by atoms with Crippen molar-refractivity contribution in [2.45, 2.75) is 20.3 Å². The maximum absolute atomic E-state index is 11.6. The summed E-state index contributed by atoms with van der Waals surface area (Å²) in [6.07, 6.45) is 3.65. The van der Waals surface area contributed by atoms with E-state index in [4.69, 9.17) is 4.74 Å². The van der Waals surface area contributed by atoms with Gasteiger partial charge in [0.1, 0.15) is 0 Å². The van der Waals surface area contributed by atoms with Crippen molar-refractivity contribution in [2.75, 3.05) is 6.61 Å². The van der Waals surface area contributed by atoms with Gasteiger partial charge in [-0.15, -0.1) is 0 Å². The van der Waals surface area contributed by atoms with Gasteiger partial charge in [0.15, 0.2) is 5.78 Å². The van der Waals surface area contributed by atoms with Crippen molar-refractivity contribution in [3.8, 4) is 0 Å². The number of rotatable bonds is 6. The minimum Gasteiger partial charge on any atom is -0.462 e. The largest absolute Gasteiger partial charge is 0.462 e.